The maximum atomic E-state index is 13.1. The Morgan fingerprint density at radius 1 is 1.08 bits per heavy atom. The number of ether oxygens (including phenoxy) is 1. The van der Waals surface area contributed by atoms with E-state index in [2.05, 4.69) is 5.10 Å². The Morgan fingerprint density at radius 3 is 2.29 bits per heavy atom. The van der Waals surface area contributed by atoms with E-state index in [-0.39, 0.29) is 10.3 Å². The molecule has 1 aliphatic heterocycles. The molecule has 0 spiro atoms. The van der Waals surface area contributed by atoms with E-state index in [0.29, 0.717) is 32.0 Å². The average Bonchev–Trinajstić information content (AvgIpc) is 3.03. The highest BCUT2D eigenvalue weighted by Crippen LogP contribution is 2.30. The molecule has 1 saturated heterocycles. The summed E-state index contributed by atoms with van der Waals surface area (Å²) in [6, 6.07) is 9.55. The number of aromatic nitrogens is 2. The van der Waals surface area contributed by atoms with E-state index >= 15 is 0 Å². The summed E-state index contributed by atoms with van der Waals surface area (Å²) in [5.41, 5.74) is 1.04. The van der Waals surface area contributed by atoms with Crippen molar-refractivity contribution in [2.24, 2.45) is 0 Å². The van der Waals surface area contributed by atoms with Crippen LogP contribution >= 0.6 is 0 Å². The number of nitrogens with zero attached hydrogens (tertiary/aromatic N) is 3. The number of sulfonamides is 1. The monoisotopic (exact) mass is 349 g/mol. The molecule has 0 N–H and O–H groups in total. The van der Waals surface area contributed by atoms with Crippen molar-refractivity contribution < 1.29 is 13.2 Å². The van der Waals surface area contributed by atoms with Crippen molar-refractivity contribution in [3.8, 4) is 5.69 Å². The molecule has 0 unspecified atom stereocenters. The van der Waals surface area contributed by atoms with E-state index in [9.17, 15) is 8.42 Å². The molecule has 3 rings (SSSR count). The molecule has 24 heavy (non-hydrogen) atoms. The van der Waals surface area contributed by atoms with Gasteiger partial charge in [-0.1, -0.05) is 39.0 Å². The van der Waals surface area contributed by atoms with Crippen LogP contribution in [0.3, 0.4) is 0 Å². The summed E-state index contributed by atoms with van der Waals surface area (Å²) >= 11 is 0. The first kappa shape index (κ1) is 17.1. The second-order valence-electron chi connectivity index (χ2n) is 6.89. The second-order valence-corrected chi connectivity index (χ2v) is 8.79. The molecule has 2 aromatic rings. The second kappa shape index (κ2) is 6.31. The topological polar surface area (TPSA) is 64.4 Å². The minimum Gasteiger partial charge on any atom is -0.379 e. The summed E-state index contributed by atoms with van der Waals surface area (Å²) in [4.78, 5) is 0.278. The number of hydrogen-bond acceptors (Lipinski definition) is 4. The minimum atomic E-state index is -3.59. The van der Waals surface area contributed by atoms with Gasteiger partial charge in [0.05, 0.1) is 30.8 Å². The number of rotatable bonds is 3. The third-order valence-corrected chi connectivity index (χ3v) is 5.90. The molecule has 0 aliphatic carbocycles. The molecule has 0 radical (unpaired) electrons. The van der Waals surface area contributed by atoms with Crippen LogP contribution in [0.25, 0.3) is 5.69 Å². The predicted molar refractivity (Wildman–Crippen MR) is 91.8 cm³/mol. The number of para-hydroxylation sites is 1. The molecule has 7 heteroatoms. The summed E-state index contributed by atoms with van der Waals surface area (Å²) in [6.45, 7) is 7.54. The Labute approximate surface area is 143 Å². The van der Waals surface area contributed by atoms with Gasteiger partial charge in [0, 0.05) is 18.5 Å². The Kier molecular flexibility index (Phi) is 4.50. The molecule has 130 valence electrons. The van der Waals surface area contributed by atoms with Crippen molar-refractivity contribution in [1.29, 1.82) is 0 Å². The molecule has 0 atom stereocenters. The lowest BCUT2D eigenvalue weighted by atomic mass is 9.92. The van der Waals surface area contributed by atoms with Crippen molar-refractivity contribution in [1.82, 2.24) is 14.1 Å². The highest BCUT2D eigenvalue weighted by atomic mass is 32.2. The molecule has 0 saturated carbocycles. The molecule has 2 heterocycles. The van der Waals surface area contributed by atoms with Gasteiger partial charge in [-0.2, -0.15) is 9.40 Å². The van der Waals surface area contributed by atoms with Crippen LogP contribution in [0.15, 0.2) is 41.4 Å². The maximum Gasteiger partial charge on any atom is 0.246 e. The van der Waals surface area contributed by atoms with Crippen LogP contribution < -0.4 is 0 Å². The van der Waals surface area contributed by atoms with Gasteiger partial charge in [0.25, 0.3) is 0 Å². The molecule has 6 nitrogen and oxygen atoms in total. The van der Waals surface area contributed by atoms with Crippen LogP contribution in [0.5, 0.6) is 0 Å². The molecule has 1 aliphatic rings. The van der Waals surface area contributed by atoms with Gasteiger partial charge < -0.3 is 4.74 Å². The van der Waals surface area contributed by atoms with Gasteiger partial charge in [-0.15, -0.1) is 0 Å². The Bertz CT molecular complexity index is 801. The van der Waals surface area contributed by atoms with E-state index in [4.69, 9.17) is 4.74 Å². The highest BCUT2D eigenvalue weighted by molar-refractivity contribution is 7.89. The fourth-order valence-electron chi connectivity index (χ4n) is 2.71. The maximum absolute atomic E-state index is 13.1. The summed E-state index contributed by atoms with van der Waals surface area (Å²) in [5, 5.41) is 4.59. The first-order chi connectivity index (χ1) is 11.3. The lowest BCUT2D eigenvalue weighted by molar-refractivity contribution is 0.0730. The largest absolute Gasteiger partial charge is 0.379 e. The van der Waals surface area contributed by atoms with E-state index in [1.165, 1.54) is 4.31 Å². The molecular weight excluding hydrogens is 326 g/mol. The van der Waals surface area contributed by atoms with E-state index in [1.54, 1.807) is 10.9 Å². The van der Waals surface area contributed by atoms with Crippen LogP contribution in [-0.4, -0.2) is 48.8 Å². The van der Waals surface area contributed by atoms with Gasteiger partial charge in [-0.3, -0.25) is 0 Å². The Morgan fingerprint density at radius 2 is 1.71 bits per heavy atom. The van der Waals surface area contributed by atoms with Crippen LogP contribution in [0, 0.1) is 0 Å². The number of hydrogen-bond donors (Lipinski definition) is 0. The first-order valence-corrected chi connectivity index (χ1v) is 9.47. The Balaban J connectivity index is 2.10. The van der Waals surface area contributed by atoms with Crippen molar-refractivity contribution >= 4 is 10.0 Å². The zero-order valence-corrected chi connectivity index (χ0v) is 15.1. The van der Waals surface area contributed by atoms with Gasteiger partial charge in [0.2, 0.25) is 10.0 Å². The van der Waals surface area contributed by atoms with E-state index in [0.717, 1.165) is 5.69 Å². The van der Waals surface area contributed by atoms with Crippen LogP contribution in [-0.2, 0) is 20.2 Å². The van der Waals surface area contributed by atoms with Gasteiger partial charge >= 0.3 is 0 Å². The molecule has 0 bridgehead atoms. The summed E-state index contributed by atoms with van der Waals surface area (Å²) < 4.78 is 34.6. The van der Waals surface area contributed by atoms with Gasteiger partial charge in [-0.05, 0) is 12.1 Å². The van der Waals surface area contributed by atoms with Crippen LogP contribution in [0.1, 0.15) is 26.5 Å². The minimum absolute atomic E-state index is 0.278. The fourth-order valence-corrected chi connectivity index (χ4v) is 4.44. The molecular formula is C17H23N3O3S. The van der Waals surface area contributed by atoms with E-state index in [1.807, 2.05) is 51.1 Å². The van der Waals surface area contributed by atoms with Crippen molar-refractivity contribution in [3.63, 3.8) is 0 Å². The van der Waals surface area contributed by atoms with Gasteiger partial charge in [0.15, 0.2) is 0 Å². The van der Waals surface area contributed by atoms with Crippen molar-refractivity contribution in [2.75, 3.05) is 26.3 Å². The number of morpholine rings is 1. The quantitative estimate of drug-likeness (QED) is 0.852. The van der Waals surface area contributed by atoms with E-state index < -0.39 is 10.0 Å². The lowest BCUT2D eigenvalue weighted by Crippen LogP contribution is -2.41. The summed E-state index contributed by atoms with van der Waals surface area (Å²) in [6.07, 6.45) is 1.63. The Hall–Kier alpha value is -1.70. The lowest BCUT2D eigenvalue weighted by Gasteiger charge is -2.27. The predicted octanol–water partition coefficient (Wildman–Crippen LogP) is 2.19. The summed E-state index contributed by atoms with van der Waals surface area (Å²) in [5.74, 6) is 0. The SMILES string of the molecule is CC(C)(C)c1nn(-c2ccccc2)cc1S(=O)(=O)N1CCOCC1. The third-order valence-electron chi connectivity index (χ3n) is 4.00. The first-order valence-electron chi connectivity index (χ1n) is 8.03. The molecule has 0 amide bonds. The number of benzene rings is 1. The molecule has 1 aromatic carbocycles. The highest BCUT2D eigenvalue weighted by Gasteiger charge is 2.34. The third kappa shape index (κ3) is 3.24. The summed E-state index contributed by atoms with van der Waals surface area (Å²) in [7, 11) is -3.59. The van der Waals surface area contributed by atoms with Gasteiger partial charge in [-0.25, -0.2) is 13.1 Å². The zero-order valence-electron chi connectivity index (χ0n) is 14.3. The van der Waals surface area contributed by atoms with Crippen molar-refractivity contribution in [3.05, 3.63) is 42.2 Å². The van der Waals surface area contributed by atoms with Crippen molar-refractivity contribution in [2.45, 2.75) is 31.1 Å². The van der Waals surface area contributed by atoms with Gasteiger partial charge in [0.1, 0.15) is 4.90 Å². The smallest absolute Gasteiger partial charge is 0.246 e. The molecule has 1 fully saturated rings. The van der Waals surface area contributed by atoms with Crippen LogP contribution in [0.4, 0.5) is 0 Å². The molecule has 1 aromatic heterocycles. The van der Waals surface area contributed by atoms with Crippen LogP contribution in [0.2, 0.25) is 0 Å². The average molecular weight is 349 g/mol. The standard InChI is InChI=1S/C17H23N3O3S/c1-17(2,3)16-15(24(21,22)19-9-11-23-12-10-19)13-20(18-16)14-7-5-4-6-8-14/h4-8,13H,9-12H2,1-3H3. The normalized spacial score (nSPS) is 17.1. The fraction of sp³-hybridized carbons (Fsp3) is 0.471. The zero-order chi connectivity index (χ0) is 17.4.